The van der Waals surface area contributed by atoms with Crippen molar-refractivity contribution < 1.29 is 14.7 Å². The number of pyridine rings is 2. The Bertz CT molecular complexity index is 1330. The number of halogens is 2. The zero-order valence-electron chi connectivity index (χ0n) is 24.9. The Morgan fingerprint density at radius 3 is 2.40 bits per heavy atom. The normalized spacial score (nSPS) is 12.6. The lowest BCUT2D eigenvalue weighted by molar-refractivity contribution is -0.118. The van der Waals surface area contributed by atoms with Crippen LogP contribution in [-0.4, -0.2) is 52.5 Å². The molecule has 1 amide bonds. The second kappa shape index (κ2) is 17.2. The molecule has 0 saturated carbocycles. The molecule has 0 unspecified atom stereocenters. The van der Waals surface area contributed by atoms with Gasteiger partial charge in [0.25, 0.3) is 0 Å². The number of carbonyl (C=O) groups excluding carboxylic acids is 1. The molecule has 0 fully saturated rings. The first-order valence-corrected chi connectivity index (χ1v) is 15.5. The fourth-order valence-corrected chi connectivity index (χ4v) is 5.52. The molecule has 0 aliphatic carbocycles. The first-order valence-electron chi connectivity index (χ1n) is 14.8. The smallest absolute Gasteiger partial charge is 0.356 e. The number of benzene rings is 1. The van der Waals surface area contributed by atoms with E-state index in [4.69, 9.17) is 28.3 Å². The lowest BCUT2D eigenvalue weighted by atomic mass is 9.96. The van der Waals surface area contributed by atoms with Crippen LogP contribution >= 0.6 is 23.2 Å². The van der Waals surface area contributed by atoms with Crippen molar-refractivity contribution in [1.29, 1.82) is 0 Å². The number of carboxylic acids is 1. The van der Waals surface area contributed by atoms with Crippen LogP contribution in [0, 0.1) is 0 Å². The van der Waals surface area contributed by atoms with E-state index >= 15 is 0 Å². The van der Waals surface area contributed by atoms with Gasteiger partial charge >= 0.3 is 5.97 Å². The van der Waals surface area contributed by atoms with E-state index in [0.717, 1.165) is 46.9 Å². The highest BCUT2D eigenvalue weighted by Gasteiger charge is 2.21. The number of amides is 1. The number of rotatable bonds is 13. The average molecular weight is 614 g/mol. The maximum Gasteiger partial charge on any atom is 0.356 e. The summed E-state index contributed by atoms with van der Waals surface area (Å²) in [6.45, 7) is 4.15. The van der Waals surface area contributed by atoms with Gasteiger partial charge in [0.05, 0.1) is 10.0 Å². The van der Waals surface area contributed by atoms with E-state index in [0.29, 0.717) is 6.42 Å². The maximum absolute atomic E-state index is 12.0. The van der Waals surface area contributed by atoms with Gasteiger partial charge in [0.1, 0.15) is 0 Å². The standard InChI is InChI=1S/C27H38ClN3O.C6H4ClNO2/c1-4-5-6-7-8-9-10-11-16-30(2)20-23-18-29-19-24(27(23)28)21-12-14-25-22(17-21)13-15-26(32)31(25)3;7-4-2-1-3-8-5(4)6(9)10/h12,14,17-19H,4-11,13,15-16,20H2,1-3H3;1-3H,(H,9,10). The van der Waals surface area contributed by atoms with E-state index in [1.165, 1.54) is 69.2 Å². The first kappa shape index (κ1) is 33.5. The predicted octanol–water partition coefficient (Wildman–Crippen LogP) is 8.32. The van der Waals surface area contributed by atoms with Crippen LogP contribution in [-0.2, 0) is 17.8 Å². The van der Waals surface area contributed by atoms with Gasteiger partial charge in [-0.15, -0.1) is 0 Å². The largest absolute Gasteiger partial charge is 0.476 e. The van der Waals surface area contributed by atoms with Crippen molar-refractivity contribution in [3.63, 3.8) is 0 Å². The van der Waals surface area contributed by atoms with Crippen LogP contribution in [0.5, 0.6) is 0 Å². The first-order chi connectivity index (χ1) is 20.2. The minimum absolute atomic E-state index is 0.107. The summed E-state index contributed by atoms with van der Waals surface area (Å²) in [4.78, 5) is 34.4. The molecular weight excluding hydrogens is 571 g/mol. The quantitative estimate of drug-likeness (QED) is 0.195. The molecule has 1 N–H and O–H groups in total. The van der Waals surface area contributed by atoms with Gasteiger partial charge in [-0.3, -0.25) is 9.78 Å². The van der Waals surface area contributed by atoms with Crippen molar-refractivity contribution in [1.82, 2.24) is 14.9 Å². The molecule has 0 radical (unpaired) electrons. The molecule has 0 spiro atoms. The Hall–Kier alpha value is -3.00. The number of carboxylic acid groups (broad SMARTS) is 1. The van der Waals surface area contributed by atoms with Gasteiger partial charge in [0.2, 0.25) is 5.91 Å². The fourth-order valence-electron chi connectivity index (χ4n) is 5.05. The van der Waals surface area contributed by atoms with Gasteiger partial charge in [0.15, 0.2) is 5.69 Å². The van der Waals surface area contributed by atoms with Gasteiger partial charge in [-0.1, -0.05) is 81.1 Å². The molecule has 42 heavy (non-hydrogen) atoms. The third-order valence-electron chi connectivity index (χ3n) is 7.48. The Morgan fingerprint density at radius 2 is 1.74 bits per heavy atom. The van der Waals surface area contributed by atoms with Crippen molar-refractivity contribution in [2.75, 3.05) is 25.5 Å². The summed E-state index contributed by atoms with van der Waals surface area (Å²) >= 11 is 12.3. The lowest BCUT2D eigenvalue weighted by Gasteiger charge is -2.26. The number of aryl methyl sites for hydroxylation is 1. The summed E-state index contributed by atoms with van der Waals surface area (Å²) < 4.78 is 0. The van der Waals surface area contributed by atoms with Crippen molar-refractivity contribution in [3.05, 3.63) is 75.8 Å². The number of nitrogens with zero attached hydrogens (tertiary/aromatic N) is 4. The molecule has 0 bridgehead atoms. The van der Waals surface area contributed by atoms with E-state index in [2.05, 4.69) is 34.9 Å². The Kier molecular flexibility index (Phi) is 13.7. The molecule has 0 atom stereocenters. The third-order valence-corrected chi connectivity index (χ3v) is 8.23. The molecular formula is C33H42Cl2N4O3. The zero-order chi connectivity index (χ0) is 30.5. The van der Waals surface area contributed by atoms with Crippen molar-refractivity contribution in [2.24, 2.45) is 0 Å². The topological polar surface area (TPSA) is 86.6 Å². The van der Waals surface area contributed by atoms with E-state index in [9.17, 15) is 9.59 Å². The molecule has 9 heteroatoms. The van der Waals surface area contributed by atoms with Gasteiger partial charge in [-0.05, 0) is 61.8 Å². The van der Waals surface area contributed by atoms with Gasteiger partial charge in [-0.25, -0.2) is 9.78 Å². The van der Waals surface area contributed by atoms with Crippen LogP contribution in [0.15, 0.2) is 48.9 Å². The zero-order valence-corrected chi connectivity index (χ0v) is 26.4. The van der Waals surface area contributed by atoms with Crippen molar-refractivity contribution in [2.45, 2.75) is 77.7 Å². The minimum Gasteiger partial charge on any atom is -0.476 e. The second-order valence-electron chi connectivity index (χ2n) is 10.8. The molecule has 1 aliphatic heterocycles. The number of anilines is 1. The van der Waals surface area contributed by atoms with E-state index in [-0.39, 0.29) is 16.6 Å². The predicted molar refractivity (Wildman–Crippen MR) is 172 cm³/mol. The minimum atomic E-state index is -1.11. The van der Waals surface area contributed by atoms with Crippen molar-refractivity contribution >= 4 is 40.8 Å². The summed E-state index contributed by atoms with van der Waals surface area (Å²) in [6, 6.07) is 9.30. The Morgan fingerprint density at radius 1 is 1.02 bits per heavy atom. The van der Waals surface area contributed by atoms with Crippen LogP contribution in [0.1, 0.15) is 86.3 Å². The van der Waals surface area contributed by atoms with Crippen LogP contribution in [0.25, 0.3) is 11.1 Å². The molecule has 1 aliphatic rings. The van der Waals surface area contributed by atoms with Crippen molar-refractivity contribution in [3.8, 4) is 11.1 Å². The molecule has 1 aromatic carbocycles. The highest BCUT2D eigenvalue weighted by molar-refractivity contribution is 6.34. The summed E-state index contributed by atoms with van der Waals surface area (Å²) in [5.41, 5.74) is 5.18. The highest BCUT2D eigenvalue weighted by Crippen LogP contribution is 2.35. The number of unbranched alkanes of at least 4 members (excludes halogenated alkanes) is 7. The number of hydrogen-bond acceptors (Lipinski definition) is 5. The van der Waals surface area contributed by atoms with Gasteiger partial charge in [0, 0.05) is 55.4 Å². The molecule has 0 saturated heterocycles. The van der Waals surface area contributed by atoms with Gasteiger partial charge in [-0.2, -0.15) is 0 Å². The number of carbonyl (C=O) groups is 2. The van der Waals surface area contributed by atoms with Gasteiger partial charge < -0.3 is 14.9 Å². The van der Waals surface area contributed by atoms with E-state index in [1.54, 1.807) is 11.0 Å². The monoisotopic (exact) mass is 612 g/mol. The molecule has 3 aromatic rings. The van der Waals surface area contributed by atoms with E-state index < -0.39 is 5.97 Å². The molecule has 3 heterocycles. The summed E-state index contributed by atoms with van der Waals surface area (Å²) in [6.07, 6.45) is 17.2. The highest BCUT2D eigenvalue weighted by atomic mass is 35.5. The third kappa shape index (κ3) is 9.79. The number of aromatic carboxylic acids is 1. The number of hydrogen-bond donors (Lipinski definition) is 1. The average Bonchev–Trinajstić information content (AvgIpc) is 2.98. The molecule has 226 valence electrons. The molecule has 2 aromatic heterocycles. The number of fused-ring (bicyclic) bond motifs is 1. The van der Waals surface area contributed by atoms with Crippen LogP contribution in [0.3, 0.4) is 0 Å². The SMILES string of the molecule is CCCCCCCCCCN(C)Cc1cncc(-c2ccc3c(c2)CCC(=O)N3C)c1Cl.O=C(O)c1ncccc1Cl. The maximum atomic E-state index is 12.0. The van der Waals surface area contributed by atoms with Crippen LogP contribution in [0.4, 0.5) is 5.69 Å². The Balaban J connectivity index is 0.000000408. The Labute approximate surface area is 259 Å². The van der Waals surface area contributed by atoms with E-state index in [1.807, 2.05) is 31.6 Å². The summed E-state index contributed by atoms with van der Waals surface area (Å²) in [5.74, 6) is -0.933. The molecule has 4 rings (SSSR count). The summed E-state index contributed by atoms with van der Waals surface area (Å²) in [7, 11) is 4.01. The fraction of sp³-hybridized carbons (Fsp3) is 0.455. The van der Waals surface area contributed by atoms with Crippen LogP contribution < -0.4 is 4.90 Å². The lowest BCUT2D eigenvalue weighted by Crippen LogP contribution is -2.30. The van der Waals surface area contributed by atoms with Crippen LogP contribution in [0.2, 0.25) is 10.0 Å². The number of aromatic nitrogens is 2. The molecule has 7 nitrogen and oxygen atoms in total. The summed E-state index contributed by atoms with van der Waals surface area (Å²) in [5, 5.41) is 9.36. The second-order valence-corrected chi connectivity index (χ2v) is 11.6.